The van der Waals surface area contributed by atoms with Gasteiger partial charge in [0, 0.05) is 11.6 Å². The smallest absolute Gasteiger partial charge is 0.230 e. The number of aliphatic hydroxyl groups excluding tert-OH is 1. The van der Waals surface area contributed by atoms with Crippen LogP contribution in [-0.4, -0.2) is 23.2 Å². The van der Waals surface area contributed by atoms with Gasteiger partial charge in [-0.1, -0.05) is 25.1 Å². The summed E-state index contributed by atoms with van der Waals surface area (Å²) in [4.78, 5) is 12.6. The van der Waals surface area contributed by atoms with Gasteiger partial charge in [-0.3, -0.25) is 4.79 Å². The molecule has 21 heavy (non-hydrogen) atoms. The number of halogens is 1. The van der Waals surface area contributed by atoms with E-state index in [0.717, 1.165) is 19.3 Å². The summed E-state index contributed by atoms with van der Waals surface area (Å²) in [5, 5.41) is 12.5. The lowest BCUT2D eigenvalue weighted by molar-refractivity contribution is -0.125. The Bertz CT molecular complexity index is 535. The van der Waals surface area contributed by atoms with Crippen LogP contribution in [-0.2, 0) is 10.2 Å². The number of rotatable bonds is 5. The van der Waals surface area contributed by atoms with Gasteiger partial charge in [-0.15, -0.1) is 0 Å². The Kier molecular flexibility index (Phi) is 3.74. The Morgan fingerprint density at radius 1 is 1.43 bits per heavy atom. The summed E-state index contributed by atoms with van der Waals surface area (Å²) in [6.07, 6.45) is 3.56. The summed E-state index contributed by atoms with van der Waals surface area (Å²) in [7, 11) is 0. The van der Waals surface area contributed by atoms with E-state index in [0.29, 0.717) is 24.3 Å². The number of amides is 1. The van der Waals surface area contributed by atoms with Crippen LogP contribution in [0.25, 0.3) is 0 Å². The number of hydrogen-bond acceptors (Lipinski definition) is 2. The van der Waals surface area contributed by atoms with Crippen molar-refractivity contribution < 1.29 is 14.3 Å². The second-order valence-electron chi connectivity index (χ2n) is 6.44. The van der Waals surface area contributed by atoms with Crippen LogP contribution in [0.5, 0.6) is 0 Å². The van der Waals surface area contributed by atoms with Crippen LogP contribution < -0.4 is 5.32 Å². The van der Waals surface area contributed by atoms with E-state index in [9.17, 15) is 14.3 Å². The van der Waals surface area contributed by atoms with Crippen molar-refractivity contribution in [1.29, 1.82) is 0 Å². The number of benzene rings is 1. The van der Waals surface area contributed by atoms with Crippen LogP contribution in [0.4, 0.5) is 4.39 Å². The quantitative estimate of drug-likeness (QED) is 0.876. The molecular weight excluding hydrogens is 269 g/mol. The lowest BCUT2D eigenvalue weighted by atomic mass is 9.76. The van der Waals surface area contributed by atoms with Crippen LogP contribution >= 0.6 is 0 Å². The van der Waals surface area contributed by atoms with Crippen molar-refractivity contribution in [3.05, 3.63) is 35.6 Å². The van der Waals surface area contributed by atoms with Gasteiger partial charge in [-0.05, 0) is 44.1 Å². The first-order chi connectivity index (χ1) is 10.1. The van der Waals surface area contributed by atoms with Gasteiger partial charge in [0.2, 0.25) is 5.91 Å². The number of carbonyl (C=O) groups is 1. The fraction of sp³-hybridized carbons (Fsp3) is 0.588. The molecule has 1 amide bonds. The molecule has 1 aromatic rings. The van der Waals surface area contributed by atoms with E-state index < -0.39 is 5.41 Å². The zero-order valence-electron chi connectivity index (χ0n) is 12.3. The number of nitrogens with one attached hydrogen (secondary N) is 1. The third-order valence-electron chi connectivity index (χ3n) is 5.05. The van der Waals surface area contributed by atoms with Gasteiger partial charge in [-0.25, -0.2) is 4.39 Å². The topological polar surface area (TPSA) is 49.3 Å². The minimum Gasteiger partial charge on any atom is -0.393 e. The molecule has 1 aromatic carbocycles. The molecule has 3 rings (SSSR count). The van der Waals surface area contributed by atoms with E-state index in [1.807, 2.05) is 6.92 Å². The lowest BCUT2D eigenvalue weighted by Crippen LogP contribution is -2.49. The number of carbonyl (C=O) groups excluding carboxylic acids is 1. The summed E-state index contributed by atoms with van der Waals surface area (Å²) < 4.78 is 14.0. The Morgan fingerprint density at radius 2 is 2.10 bits per heavy atom. The predicted octanol–water partition coefficient (Wildman–Crippen LogP) is 2.52. The van der Waals surface area contributed by atoms with Crippen LogP contribution in [0.3, 0.4) is 0 Å². The number of aliphatic hydroxyl groups is 1. The van der Waals surface area contributed by atoms with E-state index in [-0.39, 0.29) is 23.9 Å². The molecule has 4 heteroatoms. The molecule has 0 aromatic heterocycles. The minimum atomic E-state index is -0.666. The molecule has 2 fully saturated rings. The first-order valence-corrected chi connectivity index (χ1v) is 7.81. The second-order valence-corrected chi connectivity index (χ2v) is 6.44. The molecule has 114 valence electrons. The lowest BCUT2D eigenvalue weighted by Gasteiger charge is -2.38. The van der Waals surface area contributed by atoms with E-state index in [1.54, 1.807) is 18.2 Å². The largest absolute Gasteiger partial charge is 0.393 e. The van der Waals surface area contributed by atoms with E-state index in [1.165, 1.54) is 6.07 Å². The predicted molar refractivity (Wildman–Crippen MR) is 78.3 cm³/mol. The highest BCUT2D eigenvalue weighted by molar-refractivity contribution is 5.91. The molecule has 2 saturated carbocycles. The Balaban J connectivity index is 1.71. The standard InChI is InChI=1S/C17H22FNO2/c1-2-15(11-9-12(20)10-11)19-16(21)17(7-8-17)13-5-3-4-6-14(13)18/h3-6,11-12,15,20H,2,7-10H2,1H3,(H,19,21)/t11?,12?,15-/m1/s1. The highest BCUT2D eigenvalue weighted by Crippen LogP contribution is 2.49. The third-order valence-corrected chi connectivity index (χ3v) is 5.05. The average Bonchev–Trinajstić information content (AvgIpc) is 3.23. The normalized spacial score (nSPS) is 27.6. The summed E-state index contributed by atoms with van der Waals surface area (Å²) in [6.45, 7) is 2.04. The van der Waals surface area contributed by atoms with Crippen molar-refractivity contribution in [2.75, 3.05) is 0 Å². The SMILES string of the molecule is CC[C@@H](NC(=O)C1(c2ccccc2F)CC1)C1CC(O)C1. The van der Waals surface area contributed by atoms with Gasteiger partial charge in [0.1, 0.15) is 5.82 Å². The molecule has 2 aliphatic carbocycles. The highest BCUT2D eigenvalue weighted by atomic mass is 19.1. The van der Waals surface area contributed by atoms with Crippen molar-refractivity contribution in [3.63, 3.8) is 0 Å². The molecule has 2 N–H and O–H groups in total. The van der Waals surface area contributed by atoms with Crippen LogP contribution in [0, 0.1) is 11.7 Å². The fourth-order valence-corrected chi connectivity index (χ4v) is 3.41. The van der Waals surface area contributed by atoms with Crippen molar-refractivity contribution >= 4 is 5.91 Å². The van der Waals surface area contributed by atoms with Crippen molar-refractivity contribution in [3.8, 4) is 0 Å². The Hall–Kier alpha value is -1.42. The van der Waals surface area contributed by atoms with Gasteiger partial charge in [0.15, 0.2) is 0 Å². The molecule has 0 heterocycles. The highest BCUT2D eigenvalue weighted by Gasteiger charge is 2.53. The van der Waals surface area contributed by atoms with E-state index in [2.05, 4.69) is 5.32 Å². The molecule has 0 bridgehead atoms. The van der Waals surface area contributed by atoms with Gasteiger partial charge in [0.25, 0.3) is 0 Å². The monoisotopic (exact) mass is 291 g/mol. The zero-order valence-corrected chi connectivity index (χ0v) is 12.3. The summed E-state index contributed by atoms with van der Waals surface area (Å²) in [5.74, 6) is 0.00322. The molecule has 0 spiro atoms. The zero-order chi connectivity index (χ0) is 15.0. The van der Waals surface area contributed by atoms with Gasteiger partial charge in [0.05, 0.1) is 11.5 Å². The average molecular weight is 291 g/mol. The molecular formula is C17H22FNO2. The molecule has 3 nitrogen and oxygen atoms in total. The maximum atomic E-state index is 14.0. The first-order valence-electron chi connectivity index (χ1n) is 7.81. The molecule has 0 aliphatic heterocycles. The summed E-state index contributed by atoms with van der Waals surface area (Å²) in [5.41, 5.74) is -0.146. The Morgan fingerprint density at radius 3 is 2.62 bits per heavy atom. The van der Waals surface area contributed by atoms with E-state index >= 15 is 0 Å². The Labute approximate surface area is 124 Å². The molecule has 2 aliphatic rings. The summed E-state index contributed by atoms with van der Waals surface area (Å²) >= 11 is 0. The molecule has 0 radical (unpaired) electrons. The van der Waals surface area contributed by atoms with Crippen LogP contribution in [0.2, 0.25) is 0 Å². The maximum Gasteiger partial charge on any atom is 0.230 e. The maximum absolute atomic E-state index is 14.0. The molecule has 1 atom stereocenters. The summed E-state index contributed by atoms with van der Waals surface area (Å²) in [6, 6.07) is 6.66. The van der Waals surface area contributed by atoms with Crippen molar-refractivity contribution in [2.24, 2.45) is 5.92 Å². The molecule has 0 unspecified atom stereocenters. The first kappa shape index (κ1) is 14.5. The van der Waals surface area contributed by atoms with Gasteiger partial charge in [-0.2, -0.15) is 0 Å². The van der Waals surface area contributed by atoms with Gasteiger partial charge < -0.3 is 10.4 Å². The second kappa shape index (κ2) is 5.41. The van der Waals surface area contributed by atoms with Crippen molar-refractivity contribution in [2.45, 2.75) is 56.6 Å². The third kappa shape index (κ3) is 2.57. The van der Waals surface area contributed by atoms with E-state index in [4.69, 9.17) is 0 Å². The number of hydrogen-bond donors (Lipinski definition) is 2. The van der Waals surface area contributed by atoms with Crippen LogP contribution in [0.15, 0.2) is 24.3 Å². The minimum absolute atomic E-state index is 0.0548. The van der Waals surface area contributed by atoms with Crippen LogP contribution in [0.1, 0.15) is 44.6 Å². The fourth-order valence-electron chi connectivity index (χ4n) is 3.41. The molecule has 0 saturated heterocycles. The van der Waals surface area contributed by atoms with Gasteiger partial charge >= 0.3 is 0 Å². The van der Waals surface area contributed by atoms with Crippen molar-refractivity contribution in [1.82, 2.24) is 5.32 Å².